The first kappa shape index (κ1) is 25.7. The second-order valence-electron chi connectivity index (χ2n) is 10.7. The summed E-state index contributed by atoms with van der Waals surface area (Å²) in [5.41, 5.74) is 10.6. The van der Waals surface area contributed by atoms with Crippen molar-refractivity contribution >= 4 is 28.5 Å². The molecular formula is C31H33N3O4. The Balaban J connectivity index is 1.44. The van der Waals surface area contributed by atoms with E-state index in [0.717, 1.165) is 38.9 Å². The average molecular weight is 512 g/mol. The second-order valence-corrected chi connectivity index (χ2v) is 10.7. The van der Waals surface area contributed by atoms with E-state index in [1.165, 1.54) is 0 Å². The maximum absolute atomic E-state index is 13.8. The van der Waals surface area contributed by atoms with Crippen LogP contribution in [-0.4, -0.2) is 28.5 Å². The number of hydrogen-bond donors (Lipinski definition) is 3. The Labute approximate surface area is 222 Å². The van der Waals surface area contributed by atoms with Gasteiger partial charge in [0.15, 0.2) is 0 Å². The third-order valence-corrected chi connectivity index (χ3v) is 6.87. The summed E-state index contributed by atoms with van der Waals surface area (Å²) in [6, 6.07) is 22.7. The lowest BCUT2D eigenvalue weighted by atomic mass is 10.0. The van der Waals surface area contributed by atoms with E-state index < -0.39 is 11.6 Å². The smallest absolute Gasteiger partial charge is 0.249 e. The zero-order valence-electron chi connectivity index (χ0n) is 21.7. The SMILES string of the molecule is CC(C)(N)CC(=O)N[C@@H]1CCc2ccccc2N(Cc2ccc3oc(-c4ccccc4CO)cc3c2)C1=O. The lowest BCUT2D eigenvalue weighted by Gasteiger charge is -2.27. The van der Waals surface area contributed by atoms with Gasteiger partial charge in [0.05, 0.1) is 13.2 Å². The van der Waals surface area contributed by atoms with Crippen molar-refractivity contribution in [3.8, 4) is 11.3 Å². The van der Waals surface area contributed by atoms with Crippen LogP contribution in [0.3, 0.4) is 0 Å². The molecule has 1 aromatic heterocycles. The van der Waals surface area contributed by atoms with Crippen molar-refractivity contribution in [2.24, 2.45) is 5.73 Å². The monoisotopic (exact) mass is 511 g/mol. The molecule has 0 fully saturated rings. The highest BCUT2D eigenvalue weighted by Gasteiger charge is 2.32. The van der Waals surface area contributed by atoms with E-state index in [0.29, 0.717) is 25.1 Å². The van der Waals surface area contributed by atoms with Gasteiger partial charge < -0.3 is 25.5 Å². The first-order chi connectivity index (χ1) is 18.2. The molecular weight excluding hydrogens is 478 g/mol. The topological polar surface area (TPSA) is 109 Å². The predicted octanol–water partition coefficient (Wildman–Crippen LogP) is 4.68. The molecule has 4 aromatic rings. The number of carbonyl (C=O) groups is 2. The van der Waals surface area contributed by atoms with Crippen LogP contribution in [0.25, 0.3) is 22.3 Å². The van der Waals surface area contributed by atoms with Gasteiger partial charge in [0, 0.05) is 28.6 Å². The Bertz CT molecular complexity index is 1480. The number of aliphatic hydroxyl groups is 1. The van der Waals surface area contributed by atoms with E-state index in [-0.39, 0.29) is 24.8 Å². The lowest BCUT2D eigenvalue weighted by Crippen LogP contribution is -2.49. The Kier molecular flexibility index (Phi) is 7.06. The van der Waals surface area contributed by atoms with Gasteiger partial charge in [0.1, 0.15) is 17.4 Å². The van der Waals surface area contributed by atoms with Crippen LogP contribution in [0.15, 0.2) is 77.2 Å². The van der Waals surface area contributed by atoms with Crippen LogP contribution in [0, 0.1) is 0 Å². The molecule has 1 aliphatic rings. The molecule has 2 heterocycles. The fourth-order valence-corrected chi connectivity index (χ4v) is 5.08. The summed E-state index contributed by atoms with van der Waals surface area (Å²) in [6.07, 6.45) is 1.35. The van der Waals surface area contributed by atoms with Crippen LogP contribution >= 0.6 is 0 Å². The van der Waals surface area contributed by atoms with Gasteiger partial charge in [0.25, 0.3) is 0 Å². The summed E-state index contributed by atoms with van der Waals surface area (Å²) in [4.78, 5) is 28.2. The molecule has 5 rings (SSSR count). The highest BCUT2D eigenvalue weighted by Crippen LogP contribution is 2.33. The number of rotatable bonds is 7. The summed E-state index contributed by atoms with van der Waals surface area (Å²) in [6.45, 7) is 3.87. The van der Waals surface area contributed by atoms with Crippen LogP contribution < -0.4 is 16.0 Å². The number of benzene rings is 3. The van der Waals surface area contributed by atoms with Crippen molar-refractivity contribution in [3.05, 3.63) is 89.5 Å². The molecule has 0 saturated carbocycles. The fourth-order valence-electron chi connectivity index (χ4n) is 5.08. The highest BCUT2D eigenvalue weighted by molar-refractivity contribution is 6.00. The molecule has 0 aliphatic carbocycles. The molecule has 0 spiro atoms. The van der Waals surface area contributed by atoms with Gasteiger partial charge in [-0.2, -0.15) is 0 Å². The molecule has 7 nitrogen and oxygen atoms in total. The Morgan fingerprint density at radius 3 is 2.66 bits per heavy atom. The van der Waals surface area contributed by atoms with Crippen LogP contribution in [0.4, 0.5) is 5.69 Å². The normalized spacial score (nSPS) is 15.8. The predicted molar refractivity (Wildman–Crippen MR) is 148 cm³/mol. The molecule has 0 radical (unpaired) electrons. The minimum Gasteiger partial charge on any atom is -0.456 e. The molecule has 2 amide bonds. The van der Waals surface area contributed by atoms with Gasteiger partial charge in [-0.3, -0.25) is 9.59 Å². The molecule has 1 aliphatic heterocycles. The van der Waals surface area contributed by atoms with E-state index in [2.05, 4.69) is 5.32 Å². The van der Waals surface area contributed by atoms with Crippen molar-refractivity contribution in [1.82, 2.24) is 5.32 Å². The average Bonchev–Trinajstić information content (AvgIpc) is 3.26. The number of hydrogen-bond acceptors (Lipinski definition) is 5. The first-order valence-electron chi connectivity index (χ1n) is 12.9. The standard InChI is InChI=1S/C31H33N3O4/c1-31(2,32)17-29(36)33-25-13-12-21-7-4-6-10-26(21)34(30(25)37)18-20-11-14-27-23(15-20)16-28(38-27)24-9-5-3-8-22(24)19-35/h3-11,14-16,25,35H,12-13,17-19,32H2,1-2H3,(H,33,36)/t25-/m1/s1. The van der Waals surface area contributed by atoms with E-state index in [4.69, 9.17) is 10.2 Å². The van der Waals surface area contributed by atoms with Crippen molar-refractivity contribution in [1.29, 1.82) is 0 Å². The van der Waals surface area contributed by atoms with Gasteiger partial charge in [-0.25, -0.2) is 0 Å². The molecule has 0 saturated heterocycles. The van der Waals surface area contributed by atoms with E-state index in [1.54, 1.807) is 18.7 Å². The van der Waals surface area contributed by atoms with Gasteiger partial charge in [-0.05, 0) is 67.6 Å². The number of nitrogens with one attached hydrogen (secondary N) is 1. The Morgan fingerprint density at radius 1 is 1.11 bits per heavy atom. The number of amides is 2. The molecule has 7 heteroatoms. The number of nitrogens with zero attached hydrogens (tertiary/aromatic N) is 1. The molecule has 38 heavy (non-hydrogen) atoms. The Morgan fingerprint density at radius 2 is 1.87 bits per heavy atom. The molecule has 4 N–H and O–H groups in total. The van der Waals surface area contributed by atoms with Gasteiger partial charge in [-0.15, -0.1) is 0 Å². The van der Waals surface area contributed by atoms with Crippen molar-refractivity contribution in [2.45, 2.75) is 57.8 Å². The van der Waals surface area contributed by atoms with Crippen molar-refractivity contribution in [2.75, 3.05) is 4.90 Å². The second kappa shape index (κ2) is 10.4. The van der Waals surface area contributed by atoms with Crippen molar-refractivity contribution < 1.29 is 19.1 Å². The fraction of sp³-hybridized carbons (Fsp3) is 0.290. The largest absolute Gasteiger partial charge is 0.456 e. The molecule has 196 valence electrons. The number of nitrogens with two attached hydrogens (primary N) is 1. The molecule has 0 unspecified atom stereocenters. The molecule has 0 bridgehead atoms. The maximum atomic E-state index is 13.8. The van der Waals surface area contributed by atoms with Gasteiger partial charge in [-0.1, -0.05) is 48.5 Å². The number of aliphatic hydroxyl groups excluding tert-OH is 1. The van der Waals surface area contributed by atoms with Crippen LogP contribution in [-0.2, 0) is 29.2 Å². The van der Waals surface area contributed by atoms with Crippen LogP contribution in [0.2, 0.25) is 0 Å². The zero-order chi connectivity index (χ0) is 26.9. The van der Waals surface area contributed by atoms with E-state index in [9.17, 15) is 14.7 Å². The number of fused-ring (bicyclic) bond motifs is 2. The summed E-state index contributed by atoms with van der Waals surface area (Å²) in [5.74, 6) is 0.323. The number of aryl methyl sites for hydroxylation is 1. The third kappa shape index (κ3) is 5.49. The number of anilines is 1. The summed E-state index contributed by atoms with van der Waals surface area (Å²) >= 11 is 0. The zero-order valence-corrected chi connectivity index (χ0v) is 21.7. The summed E-state index contributed by atoms with van der Waals surface area (Å²) in [7, 11) is 0. The summed E-state index contributed by atoms with van der Waals surface area (Å²) < 4.78 is 6.09. The van der Waals surface area contributed by atoms with E-state index >= 15 is 0 Å². The minimum atomic E-state index is -0.656. The molecule has 1 atom stereocenters. The quantitative estimate of drug-likeness (QED) is 0.334. The van der Waals surface area contributed by atoms with E-state index in [1.807, 2.05) is 72.8 Å². The summed E-state index contributed by atoms with van der Waals surface area (Å²) in [5, 5.41) is 13.6. The number of para-hydroxylation sites is 1. The lowest BCUT2D eigenvalue weighted by molar-refractivity contribution is -0.128. The van der Waals surface area contributed by atoms with Gasteiger partial charge >= 0.3 is 0 Å². The first-order valence-corrected chi connectivity index (χ1v) is 12.9. The third-order valence-electron chi connectivity index (χ3n) is 6.87. The van der Waals surface area contributed by atoms with Gasteiger partial charge in [0.2, 0.25) is 11.8 Å². The number of carbonyl (C=O) groups excluding carboxylic acids is 2. The van der Waals surface area contributed by atoms with Crippen molar-refractivity contribution in [3.63, 3.8) is 0 Å². The highest BCUT2D eigenvalue weighted by atomic mass is 16.3. The Hall–Kier alpha value is -3.94. The van der Waals surface area contributed by atoms with Crippen LogP contribution in [0.1, 0.15) is 43.4 Å². The number of furan rings is 1. The molecule has 3 aromatic carbocycles. The maximum Gasteiger partial charge on any atom is 0.249 e. The minimum absolute atomic E-state index is 0.0740. The van der Waals surface area contributed by atoms with Crippen LogP contribution in [0.5, 0.6) is 0 Å².